The van der Waals surface area contributed by atoms with Gasteiger partial charge in [0.1, 0.15) is 17.1 Å². The molecule has 4 aromatic rings. The number of rotatable bonds is 6. The third kappa shape index (κ3) is 4.23. The molecule has 0 saturated heterocycles. The fourth-order valence-electron chi connectivity index (χ4n) is 2.69. The smallest absolute Gasteiger partial charge is 0.276 e. The third-order valence-corrected chi connectivity index (χ3v) is 4.89. The highest BCUT2D eigenvalue weighted by atomic mass is 32.1. The number of pyridine rings is 1. The molecule has 0 radical (unpaired) electrons. The van der Waals surface area contributed by atoms with Crippen LogP contribution in [0.15, 0.2) is 54.0 Å². The maximum atomic E-state index is 13.1. The van der Waals surface area contributed by atoms with E-state index in [-0.39, 0.29) is 5.70 Å². The average Bonchev–Trinajstić information content (AvgIpc) is 3.42. The first-order chi connectivity index (χ1) is 14.6. The molecular weight excluding hydrogens is 402 g/mol. The molecule has 10 heteroatoms. The highest BCUT2D eigenvalue weighted by Gasteiger charge is 2.18. The molecule has 30 heavy (non-hydrogen) atoms. The lowest BCUT2D eigenvalue weighted by Crippen LogP contribution is -2.19. The van der Waals surface area contributed by atoms with Crippen LogP contribution in [-0.4, -0.2) is 43.2 Å². The molecule has 1 amide bonds. The van der Waals surface area contributed by atoms with E-state index in [1.807, 2.05) is 47.8 Å². The van der Waals surface area contributed by atoms with Crippen molar-refractivity contribution in [1.82, 2.24) is 30.2 Å². The molecule has 0 bridgehead atoms. The number of anilines is 1. The molecule has 3 aromatic heterocycles. The van der Waals surface area contributed by atoms with Gasteiger partial charge in [0, 0.05) is 11.6 Å². The Hall–Kier alpha value is -3.92. The minimum absolute atomic E-state index is 0.250. The Labute approximate surface area is 176 Å². The lowest BCUT2D eigenvalue weighted by Gasteiger charge is -2.08. The number of carbonyl (C=O) groups excluding carboxylic acids is 1. The molecule has 4 rings (SSSR count). The van der Waals surface area contributed by atoms with E-state index in [2.05, 4.69) is 30.8 Å². The Kier molecular flexibility index (Phi) is 5.57. The Morgan fingerprint density at radius 2 is 2.10 bits per heavy atom. The van der Waals surface area contributed by atoms with Crippen molar-refractivity contribution in [2.24, 2.45) is 0 Å². The lowest BCUT2D eigenvalue weighted by molar-refractivity contribution is -0.111. The number of hydrogen-bond acceptors (Lipinski definition) is 8. The van der Waals surface area contributed by atoms with Crippen molar-refractivity contribution in [2.75, 3.05) is 12.4 Å². The Bertz CT molecular complexity index is 1200. The normalized spacial score (nSPS) is 11.3. The van der Waals surface area contributed by atoms with Gasteiger partial charge in [-0.2, -0.15) is 4.68 Å². The molecule has 1 aromatic carbocycles. The molecule has 150 valence electrons. The number of tetrazole rings is 1. The average molecular weight is 419 g/mol. The van der Waals surface area contributed by atoms with Crippen LogP contribution in [0.3, 0.4) is 0 Å². The summed E-state index contributed by atoms with van der Waals surface area (Å²) >= 11 is 1.31. The van der Waals surface area contributed by atoms with Gasteiger partial charge >= 0.3 is 0 Å². The number of amides is 1. The van der Waals surface area contributed by atoms with Crippen LogP contribution in [0.1, 0.15) is 11.4 Å². The molecule has 0 unspecified atom stereocenters. The second-order valence-corrected chi connectivity index (χ2v) is 7.01. The fourth-order valence-corrected chi connectivity index (χ4v) is 3.39. The van der Waals surface area contributed by atoms with Crippen LogP contribution in [-0.2, 0) is 4.79 Å². The Morgan fingerprint density at radius 1 is 1.20 bits per heavy atom. The number of nitrogens with one attached hydrogen (secondary N) is 1. The van der Waals surface area contributed by atoms with Crippen LogP contribution in [0.25, 0.3) is 23.2 Å². The number of thiazole rings is 1. The molecule has 0 atom stereocenters. The van der Waals surface area contributed by atoms with Crippen LogP contribution in [0, 0.1) is 6.92 Å². The van der Waals surface area contributed by atoms with E-state index in [0.29, 0.717) is 22.4 Å². The summed E-state index contributed by atoms with van der Waals surface area (Å²) < 4.78 is 6.64. The molecule has 0 aliphatic carbocycles. The van der Waals surface area contributed by atoms with Gasteiger partial charge in [0.25, 0.3) is 5.91 Å². The maximum absolute atomic E-state index is 13.1. The number of aryl methyl sites for hydroxylation is 1. The van der Waals surface area contributed by atoms with Crippen LogP contribution >= 0.6 is 11.3 Å². The highest BCUT2D eigenvalue weighted by Crippen LogP contribution is 2.24. The number of hydrogen-bond donors (Lipinski definition) is 1. The number of benzene rings is 1. The molecular formula is C20H17N7O2S. The molecule has 9 nitrogen and oxygen atoms in total. The van der Waals surface area contributed by atoms with Gasteiger partial charge in [-0.15, -0.1) is 16.4 Å². The Morgan fingerprint density at radius 3 is 2.83 bits per heavy atom. The number of aromatic nitrogens is 6. The van der Waals surface area contributed by atoms with Crippen LogP contribution in [0.5, 0.6) is 5.75 Å². The zero-order valence-corrected chi connectivity index (χ0v) is 17.0. The summed E-state index contributed by atoms with van der Waals surface area (Å²) in [6.45, 7) is 1.72. The first-order valence-electron chi connectivity index (χ1n) is 8.93. The first-order valence-corrected chi connectivity index (χ1v) is 9.81. The van der Waals surface area contributed by atoms with Crippen molar-refractivity contribution in [3.8, 4) is 17.1 Å². The minimum Gasteiger partial charge on any atom is -0.497 e. The van der Waals surface area contributed by atoms with Crippen molar-refractivity contribution in [2.45, 2.75) is 6.92 Å². The minimum atomic E-state index is -0.393. The van der Waals surface area contributed by atoms with Crippen molar-refractivity contribution in [3.63, 3.8) is 0 Å². The molecule has 0 saturated carbocycles. The number of ether oxygens (including phenoxy) is 1. The molecule has 0 aliphatic heterocycles. The van der Waals surface area contributed by atoms with Crippen molar-refractivity contribution < 1.29 is 9.53 Å². The summed E-state index contributed by atoms with van der Waals surface area (Å²) in [6, 6.07) is 12.9. The summed E-state index contributed by atoms with van der Waals surface area (Å²) in [5, 5.41) is 16.6. The molecule has 0 aliphatic rings. The van der Waals surface area contributed by atoms with E-state index in [1.165, 1.54) is 16.0 Å². The highest BCUT2D eigenvalue weighted by molar-refractivity contribution is 7.14. The molecule has 1 N–H and O–H groups in total. The van der Waals surface area contributed by atoms with Gasteiger partial charge in [0.2, 0.25) is 0 Å². The zero-order valence-electron chi connectivity index (χ0n) is 16.2. The summed E-state index contributed by atoms with van der Waals surface area (Å²) in [6.07, 6.45) is 3.39. The van der Waals surface area contributed by atoms with Crippen LogP contribution in [0.4, 0.5) is 5.13 Å². The summed E-state index contributed by atoms with van der Waals surface area (Å²) in [5.41, 5.74) is 2.44. The molecule has 3 heterocycles. The quantitative estimate of drug-likeness (QED) is 0.478. The number of nitrogens with zero attached hydrogens (tertiary/aromatic N) is 6. The number of carbonyl (C=O) groups is 1. The maximum Gasteiger partial charge on any atom is 0.276 e. The third-order valence-electron chi connectivity index (χ3n) is 4.14. The largest absolute Gasteiger partial charge is 0.497 e. The number of methoxy groups -OCH3 is 1. The van der Waals surface area contributed by atoms with Gasteiger partial charge in [-0.1, -0.05) is 18.2 Å². The Balaban J connectivity index is 1.64. The van der Waals surface area contributed by atoms with E-state index in [1.54, 1.807) is 26.3 Å². The van der Waals surface area contributed by atoms with Gasteiger partial charge < -0.3 is 4.74 Å². The van der Waals surface area contributed by atoms with E-state index in [9.17, 15) is 4.79 Å². The SMILES string of the molecule is COc1cccc(/C=C(/C(=O)Nc2nc(-c3ccccn3)cs2)n2nnnc2C)c1. The van der Waals surface area contributed by atoms with Crippen molar-refractivity contribution in [3.05, 3.63) is 65.4 Å². The summed E-state index contributed by atoms with van der Waals surface area (Å²) in [5.74, 6) is 0.764. The zero-order chi connectivity index (χ0) is 20.9. The van der Waals surface area contributed by atoms with E-state index < -0.39 is 5.91 Å². The second-order valence-electron chi connectivity index (χ2n) is 6.15. The van der Waals surface area contributed by atoms with Gasteiger partial charge in [-0.3, -0.25) is 15.1 Å². The first kappa shape index (κ1) is 19.4. The van der Waals surface area contributed by atoms with Crippen molar-refractivity contribution in [1.29, 1.82) is 0 Å². The molecule has 0 spiro atoms. The lowest BCUT2D eigenvalue weighted by atomic mass is 10.1. The van der Waals surface area contributed by atoms with E-state index in [4.69, 9.17) is 4.74 Å². The molecule has 0 fully saturated rings. The second kappa shape index (κ2) is 8.62. The van der Waals surface area contributed by atoms with E-state index in [0.717, 1.165) is 11.3 Å². The topological polar surface area (TPSA) is 108 Å². The fraction of sp³-hybridized carbons (Fsp3) is 0.100. The van der Waals surface area contributed by atoms with E-state index >= 15 is 0 Å². The van der Waals surface area contributed by atoms with Crippen molar-refractivity contribution >= 4 is 34.1 Å². The van der Waals surface area contributed by atoms with Crippen LogP contribution in [0.2, 0.25) is 0 Å². The van der Waals surface area contributed by atoms with Gasteiger partial charge in [0.05, 0.1) is 12.8 Å². The van der Waals surface area contributed by atoms with Gasteiger partial charge in [-0.05, 0) is 53.3 Å². The summed E-state index contributed by atoms with van der Waals surface area (Å²) in [7, 11) is 1.59. The van der Waals surface area contributed by atoms with Gasteiger partial charge in [-0.25, -0.2) is 4.98 Å². The van der Waals surface area contributed by atoms with Crippen LogP contribution < -0.4 is 10.1 Å². The van der Waals surface area contributed by atoms with Gasteiger partial charge in [0.15, 0.2) is 11.0 Å². The predicted molar refractivity (Wildman–Crippen MR) is 114 cm³/mol. The summed E-state index contributed by atoms with van der Waals surface area (Å²) in [4.78, 5) is 21.8. The standard InChI is InChI=1S/C20H17N7O2S/c1-13-24-25-26-27(13)18(11-14-6-5-7-15(10-14)29-2)19(28)23-20-22-17(12-30-20)16-8-3-4-9-21-16/h3-12H,1-2H3,(H,22,23,28)/b18-11-. The monoisotopic (exact) mass is 419 g/mol. The predicted octanol–water partition coefficient (Wildman–Crippen LogP) is 3.15.